The van der Waals surface area contributed by atoms with Crippen molar-refractivity contribution in [2.24, 2.45) is 5.10 Å². The van der Waals surface area contributed by atoms with Gasteiger partial charge in [-0.3, -0.25) is 15.5 Å². The number of nitrogen functional groups attached to an aromatic ring is 1. The molecule has 0 bridgehead atoms. The molecule has 10 heteroatoms. The van der Waals surface area contributed by atoms with Crippen molar-refractivity contribution in [1.82, 2.24) is 9.97 Å². The lowest BCUT2D eigenvalue weighted by Gasteiger charge is -1.94. The van der Waals surface area contributed by atoms with E-state index in [-0.39, 0.29) is 5.69 Å². The minimum absolute atomic E-state index is 0.0453. The molecule has 0 spiro atoms. The minimum atomic E-state index is -0.444. The van der Waals surface area contributed by atoms with Crippen molar-refractivity contribution in [1.29, 1.82) is 0 Å². The van der Waals surface area contributed by atoms with Crippen LogP contribution in [-0.4, -0.2) is 21.1 Å². The molecular formula is C11H8N6O2S2. The van der Waals surface area contributed by atoms with Crippen molar-refractivity contribution in [2.45, 2.75) is 0 Å². The van der Waals surface area contributed by atoms with E-state index in [0.717, 1.165) is 9.58 Å². The van der Waals surface area contributed by atoms with Gasteiger partial charge in [-0.05, 0) is 17.7 Å². The summed E-state index contributed by atoms with van der Waals surface area (Å²) in [7, 11) is 0. The normalized spacial score (nSPS) is 11.2. The van der Waals surface area contributed by atoms with E-state index in [1.165, 1.54) is 34.8 Å². The van der Waals surface area contributed by atoms with Gasteiger partial charge in [-0.1, -0.05) is 22.7 Å². The van der Waals surface area contributed by atoms with Crippen LogP contribution in [0, 0.1) is 10.1 Å². The van der Waals surface area contributed by atoms with Gasteiger partial charge in [-0.2, -0.15) is 15.1 Å². The first-order chi connectivity index (χ1) is 10.1. The number of hydrogen-bond donors (Lipinski definition) is 2. The molecule has 21 heavy (non-hydrogen) atoms. The number of hydrogen-bond acceptors (Lipinski definition) is 9. The lowest BCUT2D eigenvalue weighted by Crippen LogP contribution is -1.91. The van der Waals surface area contributed by atoms with Crippen LogP contribution in [-0.2, 0) is 0 Å². The number of benzene rings is 1. The van der Waals surface area contributed by atoms with Crippen molar-refractivity contribution in [3.8, 4) is 0 Å². The molecule has 0 radical (unpaired) electrons. The fourth-order valence-corrected chi connectivity index (χ4v) is 3.30. The Morgan fingerprint density at radius 1 is 1.29 bits per heavy atom. The molecule has 0 aliphatic heterocycles. The molecule has 3 rings (SSSR count). The van der Waals surface area contributed by atoms with Gasteiger partial charge in [0, 0.05) is 12.1 Å². The molecule has 0 unspecified atom stereocenters. The van der Waals surface area contributed by atoms with Gasteiger partial charge in [-0.15, -0.1) is 0 Å². The summed E-state index contributed by atoms with van der Waals surface area (Å²) >= 11 is 2.78. The summed E-state index contributed by atoms with van der Waals surface area (Å²) in [5.74, 6) is 0. The van der Waals surface area contributed by atoms with E-state index in [1.54, 1.807) is 18.3 Å². The number of rotatable bonds is 4. The number of nitro groups is 1. The molecule has 0 saturated carbocycles. The van der Waals surface area contributed by atoms with E-state index in [4.69, 9.17) is 5.73 Å². The predicted octanol–water partition coefficient (Wildman–Crippen LogP) is 2.69. The smallest absolute Gasteiger partial charge is 0.269 e. The SMILES string of the molecule is Nc1nc2nc(N/N=C\c3ccc([N+](=O)[O-])cc3)sc2s1. The van der Waals surface area contributed by atoms with E-state index < -0.39 is 4.92 Å². The van der Waals surface area contributed by atoms with Crippen LogP contribution in [0.25, 0.3) is 9.66 Å². The number of aromatic nitrogens is 2. The van der Waals surface area contributed by atoms with Crippen molar-refractivity contribution in [2.75, 3.05) is 11.2 Å². The van der Waals surface area contributed by atoms with Gasteiger partial charge in [0.05, 0.1) is 11.1 Å². The van der Waals surface area contributed by atoms with Gasteiger partial charge in [0.25, 0.3) is 5.69 Å². The average molecular weight is 320 g/mol. The van der Waals surface area contributed by atoms with Crippen LogP contribution in [0.1, 0.15) is 5.56 Å². The molecule has 3 N–H and O–H groups in total. The Kier molecular flexibility index (Phi) is 3.46. The first-order valence-electron chi connectivity index (χ1n) is 5.68. The molecule has 0 saturated heterocycles. The van der Waals surface area contributed by atoms with Crippen molar-refractivity contribution in [3.63, 3.8) is 0 Å². The fourth-order valence-electron chi connectivity index (χ4n) is 1.55. The molecule has 0 aliphatic carbocycles. The summed E-state index contributed by atoms with van der Waals surface area (Å²) in [6, 6.07) is 6.08. The van der Waals surface area contributed by atoms with Crippen molar-refractivity contribution in [3.05, 3.63) is 39.9 Å². The second kappa shape index (κ2) is 5.42. The molecule has 2 heterocycles. The Morgan fingerprint density at radius 3 is 2.71 bits per heavy atom. The van der Waals surface area contributed by atoms with Crippen LogP contribution in [0.5, 0.6) is 0 Å². The number of nitrogens with one attached hydrogen (secondary N) is 1. The zero-order valence-corrected chi connectivity index (χ0v) is 12.0. The van der Waals surface area contributed by atoms with Gasteiger partial charge in [0.15, 0.2) is 10.8 Å². The molecule has 0 amide bonds. The van der Waals surface area contributed by atoms with Gasteiger partial charge < -0.3 is 5.73 Å². The number of thiazole rings is 2. The third-order valence-corrected chi connectivity index (χ3v) is 4.38. The third kappa shape index (κ3) is 2.95. The van der Waals surface area contributed by atoms with Crippen LogP contribution in [0.3, 0.4) is 0 Å². The highest BCUT2D eigenvalue weighted by atomic mass is 32.2. The highest BCUT2D eigenvalue weighted by Gasteiger charge is 2.07. The molecule has 106 valence electrons. The summed E-state index contributed by atoms with van der Waals surface area (Å²) in [5, 5.41) is 15.7. The molecule has 0 atom stereocenters. The van der Waals surface area contributed by atoms with Crippen molar-refractivity contribution >= 4 is 54.5 Å². The molecule has 2 aromatic heterocycles. The molecule has 8 nitrogen and oxygen atoms in total. The maximum Gasteiger partial charge on any atom is 0.269 e. The zero-order valence-electron chi connectivity index (χ0n) is 10.4. The van der Waals surface area contributed by atoms with Crippen molar-refractivity contribution < 1.29 is 4.92 Å². The van der Waals surface area contributed by atoms with Gasteiger partial charge >= 0.3 is 0 Å². The monoisotopic (exact) mass is 320 g/mol. The van der Waals surface area contributed by atoms with E-state index in [0.29, 0.717) is 15.9 Å². The Morgan fingerprint density at radius 2 is 2.05 bits per heavy atom. The van der Waals surface area contributed by atoms with Crippen LogP contribution in [0.4, 0.5) is 16.0 Å². The average Bonchev–Trinajstić information content (AvgIpc) is 2.96. The van der Waals surface area contributed by atoms with Crippen LogP contribution >= 0.6 is 22.7 Å². The standard InChI is InChI=1S/C11H8N6O2S2/c12-10-14-8-9(20-10)21-11(15-8)16-13-5-6-1-3-7(4-2-6)17(18)19/h1-5H,(H2,12,14)(H,15,16)/b13-5-. The van der Waals surface area contributed by atoms with E-state index in [2.05, 4.69) is 20.5 Å². The largest absolute Gasteiger partial charge is 0.375 e. The summed E-state index contributed by atoms with van der Waals surface area (Å²) in [6.07, 6.45) is 1.56. The Labute approximate surface area is 126 Å². The Bertz CT molecular complexity index is 791. The highest BCUT2D eigenvalue weighted by Crippen LogP contribution is 2.31. The van der Waals surface area contributed by atoms with E-state index in [1.807, 2.05) is 0 Å². The first-order valence-corrected chi connectivity index (χ1v) is 7.31. The molecule has 1 aromatic carbocycles. The quantitative estimate of drug-likeness (QED) is 0.433. The summed E-state index contributed by atoms with van der Waals surface area (Å²) in [5.41, 5.74) is 9.76. The molecule has 3 aromatic rings. The lowest BCUT2D eigenvalue weighted by atomic mass is 10.2. The van der Waals surface area contributed by atoms with E-state index >= 15 is 0 Å². The number of nitrogens with two attached hydrogens (primary N) is 1. The van der Waals surface area contributed by atoms with Crippen LogP contribution < -0.4 is 11.2 Å². The maximum absolute atomic E-state index is 10.5. The second-order valence-corrected chi connectivity index (χ2v) is 6.19. The lowest BCUT2D eigenvalue weighted by molar-refractivity contribution is -0.384. The van der Waals surface area contributed by atoms with Crippen LogP contribution in [0.15, 0.2) is 29.4 Å². The van der Waals surface area contributed by atoms with Gasteiger partial charge in [-0.25, -0.2) is 0 Å². The van der Waals surface area contributed by atoms with E-state index in [9.17, 15) is 10.1 Å². The highest BCUT2D eigenvalue weighted by molar-refractivity contribution is 7.40. The van der Waals surface area contributed by atoms with Gasteiger partial charge in [0.2, 0.25) is 5.13 Å². The van der Waals surface area contributed by atoms with Crippen LogP contribution in [0.2, 0.25) is 0 Å². The molecular weight excluding hydrogens is 312 g/mol. The number of nitrogens with zero attached hydrogens (tertiary/aromatic N) is 4. The zero-order chi connectivity index (χ0) is 14.8. The second-order valence-electron chi connectivity index (χ2n) is 3.90. The topological polar surface area (TPSA) is 119 Å². The summed E-state index contributed by atoms with van der Waals surface area (Å²) in [6.45, 7) is 0. The molecule has 0 fully saturated rings. The number of fused-ring (bicyclic) bond motifs is 1. The van der Waals surface area contributed by atoms with Gasteiger partial charge in [0.1, 0.15) is 4.01 Å². The Hall–Kier alpha value is -2.59. The third-order valence-electron chi connectivity index (χ3n) is 2.47. The number of nitro benzene ring substituents is 1. The fraction of sp³-hybridized carbons (Fsp3) is 0. The number of hydrazone groups is 1. The minimum Gasteiger partial charge on any atom is -0.375 e. The summed E-state index contributed by atoms with van der Waals surface area (Å²) in [4.78, 5) is 18.4. The maximum atomic E-state index is 10.5. The number of non-ortho nitro benzene ring substituents is 1. The predicted molar refractivity (Wildman–Crippen MR) is 84.0 cm³/mol. The Balaban J connectivity index is 1.68. The first kappa shape index (κ1) is 13.4. The molecule has 0 aliphatic rings. The summed E-state index contributed by atoms with van der Waals surface area (Å²) < 4.78 is 0.931. The number of anilines is 2.